The zero-order valence-electron chi connectivity index (χ0n) is 16.1. The van der Waals surface area contributed by atoms with Crippen LogP contribution in [0.2, 0.25) is 0 Å². The maximum atomic E-state index is 11.2. The third-order valence-electron chi connectivity index (χ3n) is 7.77. The number of aryl methyl sites for hydroxylation is 2. The molecule has 0 saturated heterocycles. The fraction of sp³-hybridized carbons (Fsp3) is 0.522. The Hall–Kier alpha value is -2.07. The van der Waals surface area contributed by atoms with Gasteiger partial charge in [-0.2, -0.15) is 5.10 Å². The number of benzene rings is 1. The first kappa shape index (κ1) is 17.1. The van der Waals surface area contributed by atoms with Crippen LogP contribution in [-0.2, 0) is 13.5 Å². The molecule has 1 aromatic heterocycles. The summed E-state index contributed by atoms with van der Waals surface area (Å²) >= 11 is 0. The van der Waals surface area contributed by atoms with Gasteiger partial charge in [-0.3, -0.25) is 4.68 Å². The zero-order chi connectivity index (χ0) is 18.8. The molecule has 0 amide bonds. The third kappa shape index (κ3) is 2.49. The Balaban J connectivity index is 1.50. The molecule has 0 bridgehead atoms. The molecule has 4 nitrogen and oxygen atoms in total. The monoisotopic (exact) mass is 364 g/mol. The van der Waals surface area contributed by atoms with Crippen LogP contribution in [0.15, 0.2) is 36.0 Å². The maximum Gasteiger partial charge on any atom is 0.115 e. The van der Waals surface area contributed by atoms with Gasteiger partial charge in [0, 0.05) is 18.7 Å². The van der Waals surface area contributed by atoms with Gasteiger partial charge in [-0.15, -0.1) is 0 Å². The number of aliphatic hydroxyl groups is 1. The van der Waals surface area contributed by atoms with Crippen LogP contribution >= 0.6 is 0 Å². The highest BCUT2D eigenvalue weighted by Gasteiger charge is 2.56. The summed E-state index contributed by atoms with van der Waals surface area (Å²) in [6, 6.07) is 7.95. The third-order valence-corrected chi connectivity index (χ3v) is 7.77. The van der Waals surface area contributed by atoms with Crippen molar-refractivity contribution in [3.63, 3.8) is 0 Å². The molecule has 0 radical (unpaired) electrons. The standard InChI is InChI=1S/C23H28N2O2/c1-23-9-7-19-18-6-4-17(26)12-14(18)3-5-20(19)21(23)13-15(22(23)27)11-16-8-10-24-25(16)2/h4,6,8,10-12,19-22,26-27H,3,5,7,9,13H2,1-2H3/b15-11+/t19-,20+,21+,22+,23-/m1/s1. The van der Waals surface area contributed by atoms with Gasteiger partial charge in [0.05, 0.1) is 11.8 Å². The number of rotatable bonds is 1. The van der Waals surface area contributed by atoms with E-state index in [4.69, 9.17) is 0 Å². The van der Waals surface area contributed by atoms with Gasteiger partial charge < -0.3 is 10.2 Å². The average Bonchev–Trinajstić information content (AvgIpc) is 3.17. The summed E-state index contributed by atoms with van der Waals surface area (Å²) in [5.41, 5.74) is 4.96. The van der Waals surface area contributed by atoms with E-state index >= 15 is 0 Å². The summed E-state index contributed by atoms with van der Waals surface area (Å²) in [5, 5.41) is 25.3. The first-order valence-corrected chi connectivity index (χ1v) is 10.2. The molecule has 0 spiro atoms. The molecular formula is C23H28N2O2. The van der Waals surface area contributed by atoms with Gasteiger partial charge in [-0.05, 0) is 90.8 Å². The highest BCUT2D eigenvalue weighted by Crippen LogP contribution is 2.62. The van der Waals surface area contributed by atoms with Crippen LogP contribution in [0.1, 0.15) is 55.3 Å². The number of aromatic nitrogens is 2. The van der Waals surface area contributed by atoms with E-state index in [1.54, 1.807) is 0 Å². The van der Waals surface area contributed by atoms with Crippen LogP contribution in [0.25, 0.3) is 6.08 Å². The summed E-state index contributed by atoms with van der Waals surface area (Å²) in [6.07, 6.45) is 8.98. The van der Waals surface area contributed by atoms with Gasteiger partial charge in [-0.25, -0.2) is 0 Å². The first-order valence-electron chi connectivity index (χ1n) is 10.2. The molecule has 0 unspecified atom stereocenters. The Morgan fingerprint density at radius 1 is 1.26 bits per heavy atom. The predicted octanol–water partition coefficient (Wildman–Crippen LogP) is 4.04. The predicted molar refractivity (Wildman–Crippen MR) is 105 cm³/mol. The van der Waals surface area contributed by atoms with Crippen molar-refractivity contribution in [1.82, 2.24) is 9.78 Å². The topological polar surface area (TPSA) is 58.3 Å². The Labute approximate surface area is 160 Å². The van der Waals surface area contributed by atoms with Crippen LogP contribution in [0, 0.1) is 17.3 Å². The van der Waals surface area contributed by atoms with Gasteiger partial charge in [-0.1, -0.05) is 13.0 Å². The second-order valence-corrected chi connectivity index (χ2v) is 9.05. The molecule has 2 N–H and O–H groups in total. The number of aromatic hydroxyl groups is 1. The van der Waals surface area contributed by atoms with Crippen LogP contribution < -0.4 is 0 Å². The SMILES string of the molecule is Cn1nccc1/C=C1\C[C@H]2[C@H]3CCc4cc(O)ccc4[C@H]3CC[C@@]2(C)[C@H]1O. The van der Waals surface area contributed by atoms with Crippen molar-refractivity contribution in [2.75, 3.05) is 0 Å². The number of nitrogens with zero attached hydrogens (tertiary/aromatic N) is 2. The molecule has 142 valence electrons. The highest BCUT2D eigenvalue weighted by molar-refractivity contribution is 5.52. The molecular weight excluding hydrogens is 336 g/mol. The number of aliphatic hydroxyl groups excluding tert-OH is 1. The van der Waals surface area contributed by atoms with Gasteiger partial charge >= 0.3 is 0 Å². The lowest BCUT2D eigenvalue weighted by atomic mass is 9.55. The van der Waals surface area contributed by atoms with Crippen LogP contribution in [-0.4, -0.2) is 26.1 Å². The minimum atomic E-state index is -0.362. The van der Waals surface area contributed by atoms with Gasteiger partial charge in [0.2, 0.25) is 0 Å². The fourth-order valence-electron chi connectivity index (χ4n) is 6.28. The van der Waals surface area contributed by atoms with Crippen molar-refractivity contribution >= 4 is 6.08 Å². The van der Waals surface area contributed by atoms with Crippen molar-refractivity contribution in [1.29, 1.82) is 0 Å². The maximum absolute atomic E-state index is 11.2. The van der Waals surface area contributed by atoms with Crippen molar-refractivity contribution < 1.29 is 10.2 Å². The summed E-state index contributed by atoms with van der Waals surface area (Å²) in [7, 11) is 1.95. The summed E-state index contributed by atoms with van der Waals surface area (Å²) in [6.45, 7) is 2.30. The molecule has 1 aromatic carbocycles. The van der Waals surface area contributed by atoms with Gasteiger partial charge in [0.25, 0.3) is 0 Å². The Bertz CT molecular complexity index is 915. The van der Waals surface area contributed by atoms with E-state index in [0.29, 0.717) is 23.5 Å². The Morgan fingerprint density at radius 3 is 2.89 bits per heavy atom. The van der Waals surface area contributed by atoms with Crippen molar-refractivity contribution in [3.05, 3.63) is 52.9 Å². The number of hydrogen-bond donors (Lipinski definition) is 2. The molecule has 27 heavy (non-hydrogen) atoms. The smallest absolute Gasteiger partial charge is 0.115 e. The van der Waals surface area contributed by atoms with E-state index in [2.05, 4.69) is 24.2 Å². The molecule has 5 atom stereocenters. The van der Waals surface area contributed by atoms with E-state index in [0.717, 1.165) is 37.8 Å². The lowest BCUT2D eigenvalue weighted by Crippen LogP contribution is -2.44. The molecule has 4 heteroatoms. The molecule has 2 saturated carbocycles. The molecule has 0 aliphatic heterocycles. The first-order chi connectivity index (χ1) is 13.0. The van der Waals surface area contributed by atoms with Crippen molar-refractivity contribution in [2.24, 2.45) is 24.3 Å². The second-order valence-electron chi connectivity index (χ2n) is 9.05. The second kappa shape index (κ2) is 5.96. The van der Waals surface area contributed by atoms with Crippen molar-refractivity contribution in [2.45, 2.75) is 51.0 Å². The van der Waals surface area contributed by atoms with Crippen LogP contribution in [0.5, 0.6) is 5.75 Å². The Morgan fingerprint density at radius 2 is 2.11 bits per heavy atom. The summed E-state index contributed by atoms with van der Waals surface area (Å²) < 4.78 is 1.87. The number of hydrogen-bond acceptors (Lipinski definition) is 3. The van der Waals surface area contributed by atoms with Crippen molar-refractivity contribution in [3.8, 4) is 5.75 Å². The number of phenolic OH excluding ortho intramolecular Hbond substituents is 1. The lowest BCUT2D eigenvalue weighted by molar-refractivity contribution is -0.0158. The molecule has 2 aromatic rings. The minimum absolute atomic E-state index is 0.0278. The van der Waals surface area contributed by atoms with E-state index in [-0.39, 0.29) is 11.5 Å². The Kier molecular flexibility index (Phi) is 3.77. The molecule has 2 fully saturated rings. The lowest BCUT2D eigenvalue weighted by Gasteiger charge is -2.49. The van der Waals surface area contributed by atoms with E-state index in [1.165, 1.54) is 16.7 Å². The molecule has 3 aliphatic carbocycles. The van der Waals surface area contributed by atoms with Gasteiger partial charge in [0.1, 0.15) is 5.75 Å². The zero-order valence-corrected chi connectivity index (χ0v) is 16.1. The van der Waals surface area contributed by atoms with E-state index < -0.39 is 0 Å². The quantitative estimate of drug-likeness (QED) is 0.803. The van der Waals surface area contributed by atoms with E-state index in [1.807, 2.05) is 36.1 Å². The minimum Gasteiger partial charge on any atom is -0.508 e. The average molecular weight is 364 g/mol. The largest absolute Gasteiger partial charge is 0.508 e. The van der Waals surface area contributed by atoms with Crippen LogP contribution in [0.3, 0.4) is 0 Å². The normalized spacial score (nSPS) is 36.3. The fourth-order valence-corrected chi connectivity index (χ4v) is 6.28. The molecule has 1 heterocycles. The summed E-state index contributed by atoms with van der Waals surface area (Å²) in [4.78, 5) is 0. The van der Waals surface area contributed by atoms with Gasteiger partial charge in [0.15, 0.2) is 0 Å². The number of phenols is 1. The van der Waals surface area contributed by atoms with Crippen LogP contribution in [0.4, 0.5) is 0 Å². The number of fused-ring (bicyclic) bond motifs is 5. The molecule has 5 rings (SSSR count). The highest BCUT2D eigenvalue weighted by atomic mass is 16.3. The molecule has 3 aliphatic rings. The van der Waals surface area contributed by atoms with E-state index in [9.17, 15) is 10.2 Å². The summed E-state index contributed by atoms with van der Waals surface area (Å²) in [5.74, 6) is 2.08.